The maximum absolute atomic E-state index is 8.74. The molecule has 0 amide bonds. The Morgan fingerprint density at radius 1 is 1.59 bits per heavy atom. The van der Waals surface area contributed by atoms with Crippen LogP contribution in [-0.4, -0.2) is 36.6 Å². The minimum Gasteiger partial charge on any atom is -0.497 e. The van der Waals surface area contributed by atoms with Crippen LogP contribution in [0.25, 0.3) is 0 Å². The number of nitrogens with two attached hydrogens (primary N) is 1. The van der Waals surface area contributed by atoms with Crippen molar-refractivity contribution in [1.82, 2.24) is 0 Å². The Morgan fingerprint density at radius 3 is 2.88 bits per heavy atom. The molecule has 0 radical (unpaired) electrons. The van der Waals surface area contributed by atoms with E-state index in [0.29, 0.717) is 10.8 Å². The molecule has 0 saturated carbocycles. The number of oxime groups is 1. The lowest BCUT2D eigenvalue weighted by atomic mass is 10.2. The van der Waals surface area contributed by atoms with Crippen molar-refractivity contribution in [3.05, 3.63) is 23.8 Å². The zero-order valence-electron chi connectivity index (χ0n) is 9.42. The zero-order valence-corrected chi connectivity index (χ0v) is 10.2. The van der Waals surface area contributed by atoms with Gasteiger partial charge in [-0.2, -0.15) is 0 Å². The molecule has 1 aliphatic rings. The maximum atomic E-state index is 8.74. The molecule has 1 heterocycles. The number of amidine groups is 1. The van der Waals surface area contributed by atoms with Crippen molar-refractivity contribution in [2.75, 3.05) is 20.3 Å². The topological polar surface area (TPSA) is 77.1 Å². The molecule has 1 aliphatic heterocycles. The number of methoxy groups -OCH3 is 1. The fourth-order valence-electron chi connectivity index (χ4n) is 1.45. The Bertz CT molecular complexity index is 433. The van der Waals surface area contributed by atoms with Crippen LogP contribution in [0.3, 0.4) is 0 Å². The van der Waals surface area contributed by atoms with Gasteiger partial charge in [0, 0.05) is 10.5 Å². The number of nitrogens with zero attached hydrogens (tertiary/aromatic N) is 1. The van der Waals surface area contributed by atoms with Gasteiger partial charge in [-0.1, -0.05) is 5.16 Å². The summed E-state index contributed by atoms with van der Waals surface area (Å²) in [6.07, 6.45) is 0. The molecular formula is C11H14N2O3S. The molecule has 17 heavy (non-hydrogen) atoms. The Kier molecular flexibility index (Phi) is 3.75. The van der Waals surface area contributed by atoms with E-state index in [0.717, 1.165) is 23.9 Å². The molecule has 92 valence electrons. The number of ether oxygens (including phenoxy) is 2. The fourth-order valence-corrected chi connectivity index (χ4v) is 2.63. The van der Waals surface area contributed by atoms with Crippen LogP contribution in [0.2, 0.25) is 0 Å². The van der Waals surface area contributed by atoms with E-state index >= 15 is 0 Å². The number of benzene rings is 1. The molecule has 1 aromatic rings. The summed E-state index contributed by atoms with van der Waals surface area (Å²) >= 11 is 1.65. The number of hydrogen-bond acceptors (Lipinski definition) is 5. The van der Waals surface area contributed by atoms with E-state index in [2.05, 4.69) is 5.16 Å². The summed E-state index contributed by atoms with van der Waals surface area (Å²) in [6.45, 7) is 1.47. The van der Waals surface area contributed by atoms with Crippen LogP contribution < -0.4 is 10.5 Å². The van der Waals surface area contributed by atoms with Crippen molar-refractivity contribution in [1.29, 1.82) is 0 Å². The second-order valence-corrected chi connectivity index (χ2v) is 4.97. The van der Waals surface area contributed by atoms with E-state index in [1.165, 1.54) is 0 Å². The van der Waals surface area contributed by atoms with Crippen molar-refractivity contribution in [2.45, 2.75) is 10.1 Å². The van der Waals surface area contributed by atoms with Gasteiger partial charge < -0.3 is 20.4 Å². The fraction of sp³-hybridized carbons (Fsp3) is 0.364. The summed E-state index contributed by atoms with van der Waals surface area (Å²) in [5.74, 6) is 0.859. The highest BCUT2D eigenvalue weighted by Crippen LogP contribution is 2.33. The highest BCUT2D eigenvalue weighted by molar-refractivity contribution is 8.00. The number of rotatable bonds is 4. The van der Waals surface area contributed by atoms with Crippen molar-refractivity contribution in [3.63, 3.8) is 0 Å². The molecule has 0 spiro atoms. The molecule has 0 atom stereocenters. The van der Waals surface area contributed by atoms with Gasteiger partial charge in [-0.3, -0.25) is 0 Å². The van der Waals surface area contributed by atoms with Crippen molar-refractivity contribution >= 4 is 17.6 Å². The van der Waals surface area contributed by atoms with Crippen LogP contribution in [-0.2, 0) is 4.74 Å². The first kappa shape index (κ1) is 12.1. The van der Waals surface area contributed by atoms with E-state index in [9.17, 15) is 0 Å². The predicted octanol–water partition coefficient (Wildman–Crippen LogP) is 1.28. The smallest absolute Gasteiger partial charge is 0.171 e. The van der Waals surface area contributed by atoms with Gasteiger partial charge in [0.1, 0.15) is 5.75 Å². The van der Waals surface area contributed by atoms with Gasteiger partial charge in [-0.05, 0) is 18.2 Å². The third-order valence-corrected chi connectivity index (χ3v) is 3.67. The molecule has 5 nitrogen and oxygen atoms in total. The molecule has 0 aromatic heterocycles. The molecule has 2 rings (SSSR count). The third-order valence-electron chi connectivity index (χ3n) is 2.47. The monoisotopic (exact) mass is 254 g/mol. The zero-order chi connectivity index (χ0) is 12.3. The highest BCUT2D eigenvalue weighted by atomic mass is 32.2. The standard InChI is InChI=1S/C11H14N2O3S/c1-15-7-2-3-9(11(12)13-14)10(4-7)17-8-5-16-6-8/h2-4,8,14H,5-6H2,1H3,(H2,12,13). The van der Waals surface area contributed by atoms with Crippen molar-refractivity contribution < 1.29 is 14.7 Å². The average Bonchev–Trinajstić information content (AvgIpc) is 2.32. The number of hydrogen-bond donors (Lipinski definition) is 2. The summed E-state index contributed by atoms with van der Waals surface area (Å²) in [6, 6.07) is 5.46. The highest BCUT2D eigenvalue weighted by Gasteiger charge is 2.22. The average molecular weight is 254 g/mol. The Morgan fingerprint density at radius 2 is 2.35 bits per heavy atom. The minimum absolute atomic E-state index is 0.107. The molecule has 0 aliphatic carbocycles. The van der Waals surface area contributed by atoms with E-state index in [1.54, 1.807) is 31.0 Å². The normalized spacial score (nSPS) is 16.6. The van der Waals surface area contributed by atoms with Gasteiger partial charge in [0.2, 0.25) is 0 Å². The van der Waals surface area contributed by atoms with Crippen LogP contribution in [0.4, 0.5) is 0 Å². The minimum atomic E-state index is 0.107. The SMILES string of the molecule is COc1ccc(/C(N)=N/O)c(SC2COC2)c1. The molecule has 1 saturated heterocycles. The second kappa shape index (κ2) is 5.29. The van der Waals surface area contributed by atoms with Crippen LogP contribution in [0.15, 0.2) is 28.3 Å². The summed E-state index contributed by atoms with van der Waals surface area (Å²) < 4.78 is 10.3. The largest absolute Gasteiger partial charge is 0.497 e. The van der Waals surface area contributed by atoms with Crippen LogP contribution in [0.1, 0.15) is 5.56 Å². The van der Waals surface area contributed by atoms with Gasteiger partial charge in [0.15, 0.2) is 5.84 Å². The lowest BCUT2D eigenvalue weighted by Gasteiger charge is -2.26. The van der Waals surface area contributed by atoms with Gasteiger partial charge in [0.25, 0.3) is 0 Å². The van der Waals surface area contributed by atoms with E-state index in [4.69, 9.17) is 20.4 Å². The van der Waals surface area contributed by atoms with Gasteiger partial charge in [-0.15, -0.1) is 11.8 Å². The van der Waals surface area contributed by atoms with Gasteiger partial charge >= 0.3 is 0 Å². The van der Waals surface area contributed by atoms with Gasteiger partial charge in [0.05, 0.1) is 25.6 Å². The van der Waals surface area contributed by atoms with E-state index in [-0.39, 0.29) is 5.84 Å². The van der Waals surface area contributed by atoms with Crippen molar-refractivity contribution in [2.24, 2.45) is 10.9 Å². The van der Waals surface area contributed by atoms with Crippen LogP contribution in [0, 0.1) is 0 Å². The molecule has 1 aromatic carbocycles. The first-order valence-electron chi connectivity index (χ1n) is 5.15. The number of thioether (sulfide) groups is 1. The third kappa shape index (κ3) is 2.65. The lowest BCUT2D eigenvalue weighted by molar-refractivity contribution is 0.0455. The first-order valence-corrected chi connectivity index (χ1v) is 6.03. The molecular weight excluding hydrogens is 240 g/mol. The summed E-state index contributed by atoms with van der Waals surface area (Å²) in [7, 11) is 1.61. The molecule has 0 bridgehead atoms. The van der Waals surface area contributed by atoms with E-state index < -0.39 is 0 Å². The van der Waals surface area contributed by atoms with Gasteiger partial charge in [-0.25, -0.2) is 0 Å². The lowest BCUT2D eigenvalue weighted by Crippen LogP contribution is -2.30. The molecule has 1 fully saturated rings. The first-order chi connectivity index (χ1) is 8.24. The second-order valence-electron chi connectivity index (χ2n) is 3.62. The predicted molar refractivity (Wildman–Crippen MR) is 66.0 cm³/mol. The maximum Gasteiger partial charge on any atom is 0.171 e. The molecule has 6 heteroatoms. The Balaban J connectivity index is 2.29. The summed E-state index contributed by atoms with van der Waals surface area (Å²) in [4.78, 5) is 0.938. The van der Waals surface area contributed by atoms with Crippen molar-refractivity contribution in [3.8, 4) is 5.75 Å². The summed E-state index contributed by atoms with van der Waals surface area (Å²) in [5, 5.41) is 12.2. The van der Waals surface area contributed by atoms with E-state index in [1.807, 2.05) is 6.07 Å². The molecule has 3 N–H and O–H groups in total. The summed E-state index contributed by atoms with van der Waals surface area (Å²) in [5.41, 5.74) is 6.35. The van der Waals surface area contributed by atoms with Crippen LogP contribution in [0.5, 0.6) is 5.75 Å². The Labute approximate surface area is 104 Å². The Hall–Kier alpha value is -1.40. The quantitative estimate of drug-likeness (QED) is 0.366. The van der Waals surface area contributed by atoms with Crippen LogP contribution >= 0.6 is 11.8 Å². The molecule has 0 unspecified atom stereocenters.